The number of hydrogen-bond donors (Lipinski definition) is 0. The van der Waals surface area contributed by atoms with Crippen LogP contribution in [0.1, 0.15) is 11.0 Å². The van der Waals surface area contributed by atoms with Crippen molar-refractivity contribution in [1.82, 2.24) is 0 Å². The first-order valence-electron chi connectivity index (χ1n) is 18.9. The van der Waals surface area contributed by atoms with Crippen LogP contribution in [0, 0.1) is 0 Å². The summed E-state index contributed by atoms with van der Waals surface area (Å²) in [6.45, 7) is 0. The highest BCUT2D eigenvalue weighted by Gasteiger charge is 2.19. The summed E-state index contributed by atoms with van der Waals surface area (Å²) in [6, 6.07) is 32.3. The molecule has 1 heteroatoms. The molecule has 0 spiro atoms. The Morgan fingerprint density at radius 3 is 1.76 bits per heavy atom. The monoisotopic (exact) mass is 578 g/mol. The maximum Gasteiger partial charge on any atom is 0.136 e. The summed E-state index contributed by atoms with van der Waals surface area (Å²) in [5.41, 5.74) is 3.09. The van der Waals surface area contributed by atoms with Gasteiger partial charge in [0.05, 0.1) is 11.0 Å². The molecule has 0 N–H and O–H groups in total. The Bertz CT molecular complexity index is 3190. The van der Waals surface area contributed by atoms with E-state index in [4.69, 9.17) is 9.90 Å². The summed E-state index contributed by atoms with van der Waals surface area (Å²) >= 11 is 0. The van der Waals surface area contributed by atoms with E-state index in [0.29, 0.717) is 33.4 Å². The van der Waals surface area contributed by atoms with Gasteiger partial charge in [0.1, 0.15) is 11.2 Å². The second-order valence-corrected chi connectivity index (χ2v) is 11.4. The lowest BCUT2D eigenvalue weighted by atomic mass is 9.84. The molecule has 0 radical (unpaired) electrons. The maximum atomic E-state index is 9.43. The molecule has 0 aliphatic heterocycles. The summed E-state index contributed by atoms with van der Waals surface area (Å²) in [5.74, 6) is 0. The van der Waals surface area contributed by atoms with Crippen molar-refractivity contribution < 1.29 is 15.4 Å². The van der Waals surface area contributed by atoms with E-state index in [2.05, 4.69) is 6.07 Å². The first-order chi connectivity index (χ1) is 25.6. The molecule has 10 rings (SSSR count). The van der Waals surface area contributed by atoms with E-state index in [1.165, 1.54) is 0 Å². The second-order valence-electron chi connectivity index (χ2n) is 11.4. The Morgan fingerprint density at radius 1 is 0.400 bits per heavy atom. The van der Waals surface area contributed by atoms with E-state index in [1.54, 1.807) is 6.07 Å². The van der Waals surface area contributed by atoms with Gasteiger partial charge in [0.2, 0.25) is 0 Å². The van der Waals surface area contributed by atoms with Gasteiger partial charge in [-0.2, -0.15) is 0 Å². The Morgan fingerprint density at radius 2 is 1.00 bits per heavy atom. The van der Waals surface area contributed by atoms with Crippen LogP contribution in [-0.4, -0.2) is 0 Å². The van der Waals surface area contributed by atoms with Crippen molar-refractivity contribution >= 4 is 75.8 Å². The summed E-state index contributed by atoms with van der Waals surface area (Å²) < 4.78 is 79.4. The van der Waals surface area contributed by atoms with Crippen LogP contribution < -0.4 is 0 Å². The zero-order valence-corrected chi connectivity index (χ0v) is 23.8. The number of rotatable bonds is 2. The number of benzene rings is 9. The summed E-state index contributed by atoms with van der Waals surface area (Å²) in [6.07, 6.45) is 0. The fourth-order valence-corrected chi connectivity index (χ4v) is 7.07. The van der Waals surface area contributed by atoms with Crippen LogP contribution in [0.25, 0.3) is 98.1 Å². The van der Waals surface area contributed by atoms with E-state index in [1.807, 2.05) is 97.1 Å². The van der Waals surface area contributed by atoms with Gasteiger partial charge in [-0.3, -0.25) is 0 Å². The largest absolute Gasteiger partial charge is 0.456 e. The van der Waals surface area contributed by atoms with Crippen molar-refractivity contribution in [2.45, 2.75) is 0 Å². The van der Waals surface area contributed by atoms with Gasteiger partial charge in [-0.1, -0.05) is 133 Å². The van der Waals surface area contributed by atoms with Gasteiger partial charge in [-0.05, 0) is 100 Å². The Labute approximate surface area is 270 Å². The van der Waals surface area contributed by atoms with Crippen LogP contribution in [0.15, 0.2) is 162 Å². The van der Waals surface area contributed by atoms with Crippen molar-refractivity contribution in [3.8, 4) is 22.3 Å². The van der Waals surface area contributed by atoms with Gasteiger partial charge >= 0.3 is 0 Å². The van der Waals surface area contributed by atoms with Crippen molar-refractivity contribution in [3.63, 3.8) is 0 Å². The van der Waals surface area contributed by atoms with Gasteiger partial charge in [0.25, 0.3) is 0 Å². The Balaban J connectivity index is 1.46. The lowest BCUT2D eigenvalue weighted by Gasteiger charge is -2.19. The van der Waals surface area contributed by atoms with E-state index >= 15 is 0 Å². The van der Waals surface area contributed by atoms with Crippen LogP contribution in [0.2, 0.25) is 0 Å². The zero-order chi connectivity index (χ0) is 36.4. The normalized spacial score (nSPS) is 14.5. The summed E-state index contributed by atoms with van der Waals surface area (Å²) in [4.78, 5) is 0. The molecule has 0 aliphatic carbocycles. The molecule has 1 nitrogen and oxygen atoms in total. The third-order valence-electron chi connectivity index (χ3n) is 9.04. The minimum Gasteiger partial charge on any atom is -0.456 e. The number of fused-ring (bicyclic) bond motifs is 9. The van der Waals surface area contributed by atoms with E-state index in [-0.39, 0.29) is 45.7 Å². The van der Waals surface area contributed by atoms with Crippen molar-refractivity contribution in [3.05, 3.63) is 158 Å². The Kier molecular flexibility index (Phi) is 3.72. The standard InChI is InChI=1S/C44H26O/c1-2-12-30-26-41-39(24-29(30)11-1)38-25-31(22-23-40(38)45-41)43-33-15-5-7-17-35(33)44(36-18-8-6-16-34(36)43)37-19-9-13-28-21-20-27-10-3-4-14-32(27)42(28)37/h1-26H/i5D,6D,7D,8D,15D,16D,17D,18D. The smallest absolute Gasteiger partial charge is 0.136 e. The molecule has 0 fully saturated rings. The molecule has 208 valence electrons. The fraction of sp³-hybridized carbons (Fsp3) is 0. The number of hydrogen-bond acceptors (Lipinski definition) is 1. The summed E-state index contributed by atoms with van der Waals surface area (Å²) in [7, 11) is 0. The third-order valence-corrected chi connectivity index (χ3v) is 9.04. The van der Waals surface area contributed by atoms with Gasteiger partial charge in [0.15, 0.2) is 0 Å². The predicted octanol–water partition coefficient (Wildman–Crippen LogP) is 12.7. The maximum absolute atomic E-state index is 9.43. The van der Waals surface area contributed by atoms with Crippen LogP contribution >= 0.6 is 0 Å². The van der Waals surface area contributed by atoms with E-state index in [0.717, 1.165) is 43.1 Å². The average molecular weight is 579 g/mol. The van der Waals surface area contributed by atoms with Crippen LogP contribution in [-0.2, 0) is 0 Å². The topological polar surface area (TPSA) is 13.1 Å². The van der Waals surface area contributed by atoms with Crippen molar-refractivity contribution in [1.29, 1.82) is 0 Å². The van der Waals surface area contributed by atoms with Gasteiger partial charge < -0.3 is 4.42 Å². The quantitative estimate of drug-likeness (QED) is 0.147. The van der Waals surface area contributed by atoms with Gasteiger partial charge in [-0.15, -0.1) is 0 Å². The first-order valence-corrected chi connectivity index (χ1v) is 14.9. The highest BCUT2D eigenvalue weighted by molar-refractivity contribution is 6.26. The van der Waals surface area contributed by atoms with Crippen LogP contribution in [0.4, 0.5) is 0 Å². The average Bonchev–Trinajstić information content (AvgIpc) is 3.54. The summed E-state index contributed by atoms with van der Waals surface area (Å²) in [5, 5.41) is 8.01. The molecule has 10 aromatic rings. The molecule has 0 saturated carbocycles. The molecule has 0 aliphatic rings. The molecule has 1 aromatic heterocycles. The molecule has 0 bridgehead atoms. The minimum atomic E-state index is -0.431. The molecule has 0 atom stereocenters. The fourth-order valence-electron chi connectivity index (χ4n) is 7.07. The molecule has 0 saturated heterocycles. The van der Waals surface area contributed by atoms with Gasteiger partial charge in [-0.25, -0.2) is 0 Å². The highest BCUT2D eigenvalue weighted by Crippen LogP contribution is 2.47. The van der Waals surface area contributed by atoms with E-state index in [9.17, 15) is 5.48 Å². The van der Waals surface area contributed by atoms with E-state index < -0.39 is 24.2 Å². The SMILES string of the molecule is [2H]c1c([2H])c([2H])c2c(-c3cccc4ccc5ccccc5c34)c3c([2H])c([2H])c([2H])c([2H])c3c(-c3ccc4oc5cc6ccccc6cc5c4c3)c2c1[2H]. The molecule has 45 heavy (non-hydrogen) atoms. The number of furan rings is 1. The van der Waals surface area contributed by atoms with Crippen LogP contribution in [0.5, 0.6) is 0 Å². The zero-order valence-electron chi connectivity index (χ0n) is 31.8. The third kappa shape index (κ3) is 3.56. The molecule has 1 heterocycles. The molecule has 0 unspecified atom stereocenters. The second kappa shape index (κ2) is 9.29. The minimum absolute atomic E-state index is 0.179. The highest BCUT2D eigenvalue weighted by atomic mass is 16.3. The molecular formula is C44H26O. The van der Waals surface area contributed by atoms with Crippen molar-refractivity contribution in [2.24, 2.45) is 0 Å². The van der Waals surface area contributed by atoms with Gasteiger partial charge in [0, 0.05) is 10.8 Å². The van der Waals surface area contributed by atoms with Crippen LogP contribution in [0.3, 0.4) is 0 Å². The molecule has 9 aromatic carbocycles. The lowest BCUT2D eigenvalue weighted by molar-refractivity contribution is 0.669. The molecule has 0 amide bonds. The first kappa shape index (κ1) is 18.0. The molecular weight excluding hydrogens is 544 g/mol. The lowest BCUT2D eigenvalue weighted by Crippen LogP contribution is -1.92. The Hall–Kier alpha value is -5.92. The predicted molar refractivity (Wildman–Crippen MR) is 192 cm³/mol. The van der Waals surface area contributed by atoms with Crippen molar-refractivity contribution in [2.75, 3.05) is 0 Å².